The lowest BCUT2D eigenvalue weighted by atomic mass is 9.88. The van der Waals surface area contributed by atoms with Crippen LogP contribution < -0.4 is 5.32 Å². The third-order valence-corrected chi connectivity index (χ3v) is 5.80. The van der Waals surface area contributed by atoms with Crippen LogP contribution in [0.3, 0.4) is 0 Å². The topological polar surface area (TPSA) is 112 Å². The molecule has 1 aliphatic rings. The number of benzene rings is 2. The van der Waals surface area contributed by atoms with Gasteiger partial charge in [-0.15, -0.1) is 5.10 Å². The van der Waals surface area contributed by atoms with Crippen molar-refractivity contribution in [1.29, 1.82) is 0 Å². The fourth-order valence-electron chi connectivity index (χ4n) is 4.18. The second-order valence-corrected chi connectivity index (χ2v) is 8.11. The highest BCUT2D eigenvalue weighted by atomic mass is 16.5. The zero-order valence-electron chi connectivity index (χ0n) is 18.8. The van der Waals surface area contributed by atoms with E-state index in [1.807, 2.05) is 48.5 Å². The molecule has 1 aliphatic carbocycles. The molecule has 0 bridgehead atoms. The van der Waals surface area contributed by atoms with Crippen LogP contribution in [0.5, 0.6) is 0 Å². The van der Waals surface area contributed by atoms with Gasteiger partial charge in [0.25, 0.3) is 5.91 Å². The van der Waals surface area contributed by atoms with Gasteiger partial charge in [-0.05, 0) is 52.9 Å². The lowest BCUT2D eigenvalue weighted by Gasteiger charge is -2.26. The maximum atomic E-state index is 13.1. The van der Waals surface area contributed by atoms with E-state index >= 15 is 0 Å². The van der Waals surface area contributed by atoms with Crippen molar-refractivity contribution >= 4 is 23.6 Å². The number of fused-ring (bicyclic) bond motifs is 1. The summed E-state index contributed by atoms with van der Waals surface area (Å²) in [6.45, 7) is -0.435. The standard InChI is InChI=1S/C26H23N5O4/c32-24(27-22-14-6-11-18-8-4-5-13-21(18)22)17-35-26(33)23(16-20-12-7-15-34-20)31-25(28-29-30-31)19-9-2-1-3-10-19/h1-5,7-10,12-13,15-16,22H,6,11,14,17H2,(H,27,32). The van der Waals surface area contributed by atoms with Crippen molar-refractivity contribution in [2.45, 2.75) is 25.3 Å². The Morgan fingerprint density at radius 1 is 1.09 bits per heavy atom. The van der Waals surface area contributed by atoms with E-state index in [-0.39, 0.29) is 17.6 Å². The SMILES string of the molecule is O=C(COC(=O)C(=Cc1ccco1)n1nnnc1-c1ccccc1)NC1CCCc2ccccc21. The molecule has 9 heteroatoms. The lowest BCUT2D eigenvalue weighted by Crippen LogP contribution is -2.34. The van der Waals surface area contributed by atoms with E-state index in [1.165, 1.54) is 22.6 Å². The van der Waals surface area contributed by atoms with Crippen LogP contribution in [0.1, 0.15) is 35.8 Å². The summed E-state index contributed by atoms with van der Waals surface area (Å²) in [5, 5.41) is 14.8. The fraction of sp³-hybridized carbons (Fsp3) is 0.192. The molecule has 0 radical (unpaired) electrons. The molecule has 176 valence electrons. The Morgan fingerprint density at radius 2 is 1.91 bits per heavy atom. The average Bonchev–Trinajstić information content (AvgIpc) is 3.59. The molecule has 2 aromatic carbocycles. The van der Waals surface area contributed by atoms with Crippen LogP contribution in [0.15, 0.2) is 77.4 Å². The minimum atomic E-state index is -0.759. The quantitative estimate of drug-likeness (QED) is 0.325. The maximum absolute atomic E-state index is 13.1. The first kappa shape index (κ1) is 22.3. The zero-order chi connectivity index (χ0) is 24.0. The summed E-state index contributed by atoms with van der Waals surface area (Å²) in [7, 11) is 0. The zero-order valence-corrected chi connectivity index (χ0v) is 18.8. The Bertz CT molecular complexity index is 1350. The second-order valence-electron chi connectivity index (χ2n) is 8.11. The number of furan rings is 1. The molecular weight excluding hydrogens is 446 g/mol. The number of carbonyl (C=O) groups is 2. The third kappa shape index (κ3) is 5.03. The van der Waals surface area contributed by atoms with E-state index in [0.717, 1.165) is 24.8 Å². The molecule has 0 saturated heterocycles. The Morgan fingerprint density at radius 3 is 2.74 bits per heavy atom. The van der Waals surface area contributed by atoms with Crippen molar-refractivity contribution in [2.24, 2.45) is 0 Å². The molecule has 1 amide bonds. The van der Waals surface area contributed by atoms with Crippen molar-refractivity contribution in [3.8, 4) is 11.4 Å². The van der Waals surface area contributed by atoms with Gasteiger partial charge in [0.05, 0.1) is 12.3 Å². The average molecular weight is 470 g/mol. The van der Waals surface area contributed by atoms with Crippen LogP contribution in [-0.4, -0.2) is 38.7 Å². The molecule has 1 N–H and O–H groups in total. The Kier molecular flexibility index (Phi) is 6.47. The fourth-order valence-corrected chi connectivity index (χ4v) is 4.18. The van der Waals surface area contributed by atoms with Crippen molar-refractivity contribution in [3.05, 3.63) is 89.9 Å². The minimum Gasteiger partial charge on any atom is -0.465 e. The van der Waals surface area contributed by atoms with Gasteiger partial charge < -0.3 is 14.5 Å². The Hall–Kier alpha value is -4.53. The van der Waals surface area contributed by atoms with E-state index in [4.69, 9.17) is 9.15 Å². The first-order chi connectivity index (χ1) is 17.2. The van der Waals surface area contributed by atoms with Crippen LogP contribution in [0, 0.1) is 0 Å². The van der Waals surface area contributed by atoms with Crippen LogP contribution in [-0.2, 0) is 20.7 Å². The third-order valence-electron chi connectivity index (χ3n) is 5.80. The van der Waals surface area contributed by atoms with Crippen LogP contribution in [0.4, 0.5) is 0 Å². The van der Waals surface area contributed by atoms with Gasteiger partial charge in [0, 0.05) is 11.6 Å². The van der Waals surface area contributed by atoms with Gasteiger partial charge in [0.2, 0.25) is 0 Å². The molecule has 5 rings (SSSR count). The predicted octanol–water partition coefficient (Wildman–Crippen LogP) is 3.67. The van der Waals surface area contributed by atoms with Gasteiger partial charge in [-0.2, -0.15) is 4.68 Å². The normalized spacial score (nSPS) is 15.3. The second kappa shape index (κ2) is 10.2. The van der Waals surface area contributed by atoms with Crippen molar-refractivity contribution in [3.63, 3.8) is 0 Å². The van der Waals surface area contributed by atoms with E-state index in [1.54, 1.807) is 12.1 Å². The minimum absolute atomic E-state index is 0.0135. The molecule has 2 aromatic heterocycles. The molecule has 9 nitrogen and oxygen atoms in total. The molecule has 1 atom stereocenters. The summed E-state index contributed by atoms with van der Waals surface area (Å²) in [6.07, 6.45) is 5.78. The summed E-state index contributed by atoms with van der Waals surface area (Å²) in [6, 6.07) is 20.6. The number of nitrogens with zero attached hydrogens (tertiary/aromatic N) is 4. The van der Waals surface area contributed by atoms with Crippen LogP contribution >= 0.6 is 0 Å². The number of tetrazole rings is 1. The first-order valence-electron chi connectivity index (χ1n) is 11.3. The van der Waals surface area contributed by atoms with E-state index in [0.29, 0.717) is 17.1 Å². The molecule has 35 heavy (non-hydrogen) atoms. The number of hydrogen-bond donors (Lipinski definition) is 1. The number of amides is 1. The molecule has 4 aromatic rings. The van der Waals surface area contributed by atoms with E-state index < -0.39 is 12.6 Å². The summed E-state index contributed by atoms with van der Waals surface area (Å²) in [5.41, 5.74) is 3.07. The van der Waals surface area contributed by atoms with Gasteiger partial charge in [-0.3, -0.25) is 4.79 Å². The Balaban J connectivity index is 1.33. The molecule has 0 aliphatic heterocycles. The van der Waals surface area contributed by atoms with Crippen molar-refractivity contribution in [2.75, 3.05) is 6.61 Å². The number of rotatable bonds is 7. The molecule has 2 heterocycles. The number of hydrogen-bond acceptors (Lipinski definition) is 7. The highest BCUT2D eigenvalue weighted by Gasteiger charge is 2.24. The van der Waals surface area contributed by atoms with E-state index in [9.17, 15) is 9.59 Å². The van der Waals surface area contributed by atoms with Crippen LogP contribution in [0.25, 0.3) is 23.2 Å². The summed E-state index contributed by atoms with van der Waals surface area (Å²) in [5.74, 6) is -0.374. The van der Waals surface area contributed by atoms with Gasteiger partial charge in [0.1, 0.15) is 5.76 Å². The Labute approximate surface area is 201 Å². The number of esters is 1. The largest absolute Gasteiger partial charge is 0.465 e. The number of aromatic nitrogens is 4. The molecular formula is C26H23N5O4. The number of aryl methyl sites for hydroxylation is 1. The smallest absolute Gasteiger partial charge is 0.357 e. The highest BCUT2D eigenvalue weighted by Crippen LogP contribution is 2.29. The molecule has 0 spiro atoms. The van der Waals surface area contributed by atoms with Crippen molar-refractivity contribution < 1.29 is 18.7 Å². The highest BCUT2D eigenvalue weighted by molar-refractivity contribution is 6.15. The first-order valence-corrected chi connectivity index (χ1v) is 11.3. The monoisotopic (exact) mass is 469 g/mol. The van der Waals surface area contributed by atoms with Gasteiger partial charge in [0.15, 0.2) is 18.1 Å². The molecule has 1 unspecified atom stereocenters. The maximum Gasteiger partial charge on any atom is 0.357 e. The number of ether oxygens (including phenoxy) is 1. The molecule has 0 saturated carbocycles. The predicted molar refractivity (Wildman–Crippen MR) is 127 cm³/mol. The van der Waals surface area contributed by atoms with Gasteiger partial charge in [-0.1, -0.05) is 54.6 Å². The summed E-state index contributed by atoms with van der Waals surface area (Å²) >= 11 is 0. The van der Waals surface area contributed by atoms with Crippen LogP contribution in [0.2, 0.25) is 0 Å². The van der Waals surface area contributed by atoms with Gasteiger partial charge in [-0.25, -0.2) is 4.79 Å². The number of nitrogens with one attached hydrogen (secondary N) is 1. The summed E-state index contributed by atoms with van der Waals surface area (Å²) in [4.78, 5) is 25.8. The van der Waals surface area contributed by atoms with E-state index in [2.05, 4.69) is 26.9 Å². The molecule has 0 fully saturated rings. The van der Waals surface area contributed by atoms with Gasteiger partial charge >= 0.3 is 5.97 Å². The lowest BCUT2D eigenvalue weighted by molar-refractivity contribution is -0.143. The summed E-state index contributed by atoms with van der Waals surface area (Å²) < 4.78 is 12.0. The number of carbonyl (C=O) groups excluding carboxylic acids is 2. The van der Waals surface area contributed by atoms with Crippen molar-refractivity contribution in [1.82, 2.24) is 25.5 Å².